The molecule has 3 aromatic rings. The van der Waals surface area contributed by atoms with Gasteiger partial charge in [0.1, 0.15) is 18.0 Å². The Morgan fingerprint density at radius 3 is 3.17 bits per heavy atom. The third kappa shape index (κ3) is 3.00. The molecule has 0 aliphatic carbocycles. The summed E-state index contributed by atoms with van der Waals surface area (Å²) in [5.41, 5.74) is 1.65. The fourth-order valence-corrected chi connectivity index (χ4v) is 2.87. The maximum absolute atomic E-state index is 13.3. The SMILES string of the molecule is Fc1cccc(-n2ccc(CN[C@H]3CCc4ncnn4C3)n2)c1. The molecule has 0 unspecified atom stereocenters. The zero-order chi connectivity index (χ0) is 15.6. The Balaban J connectivity index is 1.39. The average molecular weight is 312 g/mol. The predicted molar refractivity (Wildman–Crippen MR) is 82.5 cm³/mol. The quantitative estimate of drug-likeness (QED) is 0.797. The van der Waals surface area contributed by atoms with Crippen molar-refractivity contribution >= 4 is 0 Å². The van der Waals surface area contributed by atoms with Crippen molar-refractivity contribution in [3.8, 4) is 5.69 Å². The maximum atomic E-state index is 13.3. The van der Waals surface area contributed by atoms with Gasteiger partial charge in [0.2, 0.25) is 0 Å². The van der Waals surface area contributed by atoms with Crippen LogP contribution in [0.15, 0.2) is 42.9 Å². The van der Waals surface area contributed by atoms with Gasteiger partial charge in [-0.05, 0) is 30.7 Å². The fourth-order valence-electron chi connectivity index (χ4n) is 2.87. The Hall–Kier alpha value is -2.54. The van der Waals surface area contributed by atoms with E-state index >= 15 is 0 Å². The van der Waals surface area contributed by atoms with Crippen molar-refractivity contribution in [2.45, 2.75) is 32.0 Å². The highest BCUT2D eigenvalue weighted by Crippen LogP contribution is 2.13. The lowest BCUT2D eigenvalue weighted by atomic mass is 10.1. The molecule has 0 saturated heterocycles. The van der Waals surface area contributed by atoms with Crippen molar-refractivity contribution in [1.82, 2.24) is 29.9 Å². The van der Waals surface area contributed by atoms with Gasteiger partial charge in [-0.1, -0.05) is 6.07 Å². The molecule has 0 bridgehead atoms. The summed E-state index contributed by atoms with van der Waals surface area (Å²) in [5, 5.41) is 12.2. The molecule has 4 rings (SSSR count). The first-order valence-electron chi connectivity index (χ1n) is 7.68. The second-order valence-corrected chi connectivity index (χ2v) is 5.71. The number of halogens is 1. The van der Waals surface area contributed by atoms with E-state index in [4.69, 9.17) is 0 Å². The molecule has 118 valence electrons. The summed E-state index contributed by atoms with van der Waals surface area (Å²) in [4.78, 5) is 4.23. The van der Waals surface area contributed by atoms with Crippen LogP contribution in [0.1, 0.15) is 17.9 Å². The van der Waals surface area contributed by atoms with Crippen LogP contribution in [-0.4, -0.2) is 30.6 Å². The lowest BCUT2D eigenvalue weighted by Crippen LogP contribution is -2.37. The van der Waals surface area contributed by atoms with Gasteiger partial charge in [-0.3, -0.25) is 0 Å². The summed E-state index contributed by atoms with van der Waals surface area (Å²) in [5.74, 6) is 0.793. The molecular weight excluding hydrogens is 295 g/mol. The van der Waals surface area contributed by atoms with Gasteiger partial charge in [0, 0.05) is 25.2 Å². The van der Waals surface area contributed by atoms with Gasteiger partial charge in [0.15, 0.2) is 0 Å². The second-order valence-electron chi connectivity index (χ2n) is 5.71. The molecule has 3 heterocycles. The minimum absolute atomic E-state index is 0.261. The third-order valence-corrected chi connectivity index (χ3v) is 4.09. The Bertz CT molecular complexity index is 808. The molecule has 1 aliphatic heterocycles. The molecule has 6 nitrogen and oxygen atoms in total. The van der Waals surface area contributed by atoms with Crippen molar-refractivity contribution in [3.05, 3.63) is 60.2 Å². The van der Waals surface area contributed by atoms with Crippen LogP contribution in [0, 0.1) is 5.82 Å². The zero-order valence-corrected chi connectivity index (χ0v) is 12.6. The molecule has 1 N–H and O–H groups in total. The maximum Gasteiger partial charge on any atom is 0.138 e. The highest BCUT2D eigenvalue weighted by Gasteiger charge is 2.19. The monoisotopic (exact) mass is 312 g/mol. The first kappa shape index (κ1) is 14.1. The van der Waals surface area contributed by atoms with Crippen LogP contribution < -0.4 is 5.32 Å². The van der Waals surface area contributed by atoms with Gasteiger partial charge in [-0.25, -0.2) is 18.7 Å². The van der Waals surface area contributed by atoms with E-state index in [9.17, 15) is 4.39 Å². The molecule has 23 heavy (non-hydrogen) atoms. The number of hydrogen-bond donors (Lipinski definition) is 1. The van der Waals surface area contributed by atoms with Crippen molar-refractivity contribution in [1.29, 1.82) is 0 Å². The van der Waals surface area contributed by atoms with Crippen LogP contribution in [-0.2, 0) is 19.5 Å². The van der Waals surface area contributed by atoms with Crippen LogP contribution in [0.25, 0.3) is 5.69 Å². The van der Waals surface area contributed by atoms with Gasteiger partial charge in [-0.2, -0.15) is 10.2 Å². The lowest BCUT2D eigenvalue weighted by Gasteiger charge is -2.23. The lowest BCUT2D eigenvalue weighted by molar-refractivity contribution is 0.356. The standard InChI is InChI=1S/C16H17FN6/c17-12-2-1-3-15(8-12)22-7-6-13(21-22)9-18-14-4-5-16-19-11-20-23(16)10-14/h1-3,6-8,11,14,18H,4-5,9-10H2/t14-/m0/s1. The van der Waals surface area contributed by atoms with E-state index in [1.807, 2.05) is 23.0 Å². The Kier molecular flexibility index (Phi) is 3.63. The second kappa shape index (κ2) is 5.92. The highest BCUT2D eigenvalue weighted by atomic mass is 19.1. The summed E-state index contributed by atoms with van der Waals surface area (Å²) in [7, 11) is 0. The van der Waals surface area contributed by atoms with Crippen molar-refractivity contribution in [3.63, 3.8) is 0 Å². The molecule has 0 spiro atoms. The van der Waals surface area contributed by atoms with E-state index in [0.29, 0.717) is 12.6 Å². The molecule has 0 amide bonds. The van der Waals surface area contributed by atoms with E-state index in [1.165, 1.54) is 12.1 Å². The summed E-state index contributed by atoms with van der Waals surface area (Å²) < 4.78 is 16.9. The van der Waals surface area contributed by atoms with Gasteiger partial charge in [0.05, 0.1) is 17.9 Å². The smallest absolute Gasteiger partial charge is 0.138 e. The molecular formula is C16H17FN6. The predicted octanol–water partition coefficient (Wildman–Crippen LogP) is 1.71. The van der Waals surface area contributed by atoms with Gasteiger partial charge >= 0.3 is 0 Å². The normalized spacial score (nSPS) is 17.2. The van der Waals surface area contributed by atoms with Crippen LogP contribution in [0.5, 0.6) is 0 Å². The molecule has 0 radical (unpaired) electrons. The summed E-state index contributed by atoms with van der Waals surface area (Å²) in [6, 6.07) is 8.72. The molecule has 1 aromatic carbocycles. The van der Waals surface area contributed by atoms with Crippen molar-refractivity contribution in [2.24, 2.45) is 0 Å². The van der Waals surface area contributed by atoms with E-state index in [0.717, 1.165) is 36.6 Å². The van der Waals surface area contributed by atoms with Crippen LogP contribution >= 0.6 is 0 Å². The Labute approximate surface area is 133 Å². The number of rotatable bonds is 4. The van der Waals surface area contributed by atoms with E-state index in [2.05, 4.69) is 20.5 Å². The summed E-state index contributed by atoms with van der Waals surface area (Å²) in [6.45, 7) is 1.51. The molecule has 0 fully saturated rings. The van der Waals surface area contributed by atoms with Crippen molar-refractivity contribution in [2.75, 3.05) is 0 Å². The average Bonchev–Trinajstić information content (AvgIpc) is 3.21. The third-order valence-electron chi connectivity index (χ3n) is 4.09. The van der Waals surface area contributed by atoms with Crippen LogP contribution in [0.3, 0.4) is 0 Å². The first-order valence-corrected chi connectivity index (χ1v) is 7.68. The van der Waals surface area contributed by atoms with Gasteiger partial charge < -0.3 is 5.32 Å². The molecule has 7 heteroatoms. The number of fused-ring (bicyclic) bond motifs is 1. The molecule has 1 aliphatic rings. The van der Waals surface area contributed by atoms with Gasteiger partial charge in [-0.15, -0.1) is 0 Å². The number of hydrogen-bond acceptors (Lipinski definition) is 4. The number of nitrogens with zero attached hydrogens (tertiary/aromatic N) is 5. The first-order chi connectivity index (χ1) is 11.3. The van der Waals surface area contributed by atoms with Crippen molar-refractivity contribution < 1.29 is 4.39 Å². The van der Waals surface area contributed by atoms with E-state index in [1.54, 1.807) is 17.1 Å². The topological polar surface area (TPSA) is 60.6 Å². The Morgan fingerprint density at radius 2 is 2.26 bits per heavy atom. The van der Waals surface area contributed by atoms with Gasteiger partial charge in [0.25, 0.3) is 0 Å². The number of nitrogens with one attached hydrogen (secondary N) is 1. The minimum Gasteiger partial charge on any atom is -0.306 e. The zero-order valence-electron chi connectivity index (χ0n) is 12.6. The van der Waals surface area contributed by atoms with Crippen LogP contribution in [0.2, 0.25) is 0 Å². The van der Waals surface area contributed by atoms with E-state index < -0.39 is 0 Å². The molecule has 0 saturated carbocycles. The summed E-state index contributed by atoms with van der Waals surface area (Å²) in [6.07, 6.45) is 5.44. The molecule has 1 atom stereocenters. The summed E-state index contributed by atoms with van der Waals surface area (Å²) >= 11 is 0. The number of aromatic nitrogens is 5. The fraction of sp³-hybridized carbons (Fsp3) is 0.312. The number of aryl methyl sites for hydroxylation is 1. The highest BCUT2D eigenvalue weighted by molar-refractivity contribution is 5.31. The molecule has 2 aromatic heterocycles. The number of benzene rings is 1. The van der Waals surface area contributed by atoms with Crippen LogP contribution in [0.4, 0.5) is 4.39 Å². The van der Waals surface area contributed by atoms with E-state index in [-0.39, 0.29) is 5.82 Å². The minimum atomic E-state index is -0.261. The largest absolute Gasteiger partial charge is 0.306 e. The Morgan fingerprint density at radius 1 is 1.30 bits per heavy atom.